The molecule has 8 heteroatoms. The fraction of sp³-hybridized carbons (Fsp3) is 0.294. The number of carbonyl (C=O) groups excluding carboxylic acids is 1. The molecule has 0 spiro atoms. The first kappa shape index (κ1) is 17.5. The van der Waals surface area contributed by atoms with Gasteiger partial charge in [-0.15, -0.1) is 0 Å². The van der Waals surface area contributed by atoms with Crippen molar-refractivity contribution in [3.05, 3.63) is 58.7 Å². The third-order valence-corrected chi connectivity index (χ3v) is 4.31. The summed E-state index contributed by atoms with van der Waals surface area (Å²) in [4.78, 5) is 19.8. The van der Waals surface area contributed by atoms with E-state index in [4.69, 9.17) is 11.6 Å². The summed E-state index contributed by atoms with van der Waals surface area (Å²) in [5.41, 5.74) is -0.263. The monoisotopic (exact) mass is 369 g/mol. The Hall–Kier alpha value is -2.28. The highest BCUT2D eigenvalue weighted by molar-refractivity contribution is 6.33. The average Bonchev–Trinajstić information content (AvgIpc) is 2.61. The fourth-order valence-electron chi connectivity index (χ4n) is 2.70. The molecular weight excluding hydrogens is 355 g/mol. The number of anilines is 1. The number of benzene rings is 1. The van der Waals surface area contributed by atoms with Crippen molar-refractivity contribution in [1.82, 2.24) is 9.88 Å². The highest BCUT2D eigenvalue weighted by Crippen LogP contribution is 2.33. The zero-order chi connectivity index (χ0) is 18.0. The van der Waals surface area contributed by atoms with Crippen molar-refractivity contribution in [3.63, 3.8) is 0 Å². The molecule has 0 aliphatic carbocycles. The van der Waals surface area contributed by atoms with Gasteiger partial charge in [0.15, 0.2) is 0 Å². The van der Waals surface area contributed by atoms with E-state index in [0.717, 1.165) is 12.3 Å². The molecule has 1 saturated heterocycles. The van der Waals surface area contributed by atoms with Crippen LogP contribution in [0.15, 0.2) is 42.6 Å². The highest BCUT2D eigenvalue weighted by Gasteiger charge is 2.32. The molecule has 2 heterocycles. The van der Waals surface area contributed by atoms with Crippen LogP contribution in [0.25, 0.3) is 0 Å². The van der Waals surface area contributed by atoms with Gasteiger partial charge in [-0.3, -0.25) is 4.79 Å². The van der Waals surface area contributed by atoms with Crippen LogP contribution in [0.4, 0.5) is 19.0 Å². The van der Waals surface area contributed by atoms with E-state index in [1.807, 2.05) is 6.07 Å². The van der Waals surface area contributed by atoms with Gasteiger partial charge in [-0.25, -0.2) is 4.98 Å². The second-order valence-electron chi connectivity index (χ2n) is 5.67. The molecule has 0 N–H and O–H groups in total. The van der Waals surface area contributed by atoms with Gasteiger partial charge in [0.2, 0.25) is 0 Å². The number of rotatable bonds is 2. The lowest BCUT2D eigenvalue weighted by atomic mass is 10.2. The van der Waals surface area contributed by atoms with Gasteiger partial charge >= 0.3 is 6.18 Å². The van der Waals surface area contributed by atoms with Crippen LogP contribution in [0, 0.1) is 0 Å². The molecule has 3 rings (SSSR count). The van der Waals surface area contributed by atoms with Crippen LogP contribution in [0.3, 0.4) is 0 Å². The number of halogens is 4. The number of amides is 1. The summed E-state index contributed by atoms with van der Waals surface area (Å²) < 4.78 is 38.1. The average molecular weight is 370 g/mol. The van der Waals surface area contributed by atoms with Gasteiger partial charge in [0.1, 0.15) is 5.82 Å². The van der Waals surface area contributed by atoms with Gasteiger partial charge in [-0.05, 0) is 18.2 Å². The van der Waals surface area contributed by atoms with Crippen molar-refractivity contribution in [2.45, 2.75) is 6.18 Å². The first-order valence-electron chi connectivity index (χ1n) is 7.68. The first-order chi connectivity index (χ1) is 11.9. The predicted octanol–water partition coefficient (Wildman–Crippen LogP) is 3.72. The Morgan fingerprint density at radius 2 is 1.72 bits per heavy atom. The highest BCUT2D eigenvalue weighted by atomic mass is 35.5. The second-order valence-corrected chi connectivity index (χ2v) is 6.08. The minimum absolute atomic E-state index is 0.0438. The molecule has 1 fully saturated rings. The van der Waals surface area contributed by atoms with E-state index in [-0.39, 0.29) is 10.9 Å². The molecule has 0 radical (unpaired) electrons. The molecule has 132 valence electrons. The maximum atomic E-state index is 12.7. The van der Waals surface area contributed by atoms with Gasteiger partial charge in [0, 0.05) is 37.9 Å². The number of aromatic nitrogens is 1. The minimum Gasteiger partial charge on any atom is -0.352 e. The summed E-state index contributed by atoms with van der Waals surface area (Å²) in [5, 5.41) is -0.0438. The second kappa shape index (κ2) is 6.92. The first-order valence-corrected chi connectivity index (χ1v) is 8.06. The third kappa shape index (κ3) is 3.87. The zero-order valence-corrected chi connectivity index (χ0v) is 13.9. The Balaban J connectivity index is 1.67. The van der Waals surface area contributed by atoms with Crippen LogP contribution < -0.4 is 4.90 Å². The van der Waals surface area contributed by atoms with Crippen molar-refractivity contribution >= 4 is 23.3 Å². The summed E-state index contributed by atoms with van der Waals surface area (Å²) in [6.07, 6.45) is -3.70. The molecule has 2 aromatic rings. The molecule has 0 bridgehead atoms. The molecule has 1 amide bonds. The molecule has 0 atom stereocenters. The summed E-state index contributed by atoms with van der Waals surface area (Å²) in [7, 11) is 0. The van der Waals surface area contributed by atoms with E-state index >= 15 is 0 Å². The largest absolute Gasteiger partial charge is 0.417 e. The fourth-order valence-corrected chi connectivity index (χ4v) is 2.99. The van der Waals surface area contributed by atoms with Gasteiger partial charge in [0.25, 0.3) is 5.91 Å². The van der Waals surface area contributed by atoms with Crippen molar-refractivity contribution < 1.29 is 18.0 Å². The zero-order valence-electron chi connectivity index (χ0n) is 13.1. The summed E-state index contributed by atoms with van der Waals surface area (Å²) in [6, 6.07) is 9.83. The number of hydrogen-bond acceptors (Lipinski definition) is 3. The topological polar surface area (TPSA) is 36.4 Å². The predicted molar refractivity (Wildman–Crippen MR) is 88.8 cm³/mol. The molecule has 25 heavy (non-hydrogen) atoms. The summed E-state index contributed by atoms with van der Waals surface area (Å²) in [6.45, 7) is 1.81. The van der Waals surface area contributed by atoms with Gasteiger partial charge < -0.3 is 9.80 Å². The molecular formula is C17H15ClF3N3O. The normalized spacial score (nSPS) is 15.4. The van der Waals surface area contributed by atoms with E-state index in [0.29, 0.717) is 37.6 Å². The molecule has 1 aromatic carbocycles. The molecule has 1 aromatic heterocycles. The Morgan fingerprint density at radius 3 is 2.28 bits per heavy atom. The van der Waals surface area contributed by atoms with Crippen LogP contribution in [0.2, 0.25) is 5.02 Å². The lowest BCUT2D eigenvalue weighted by Crippen LogP contribution is -2.49. The molecule has 1 aliphatic rings. The molecule has 0 saturated carbocycles. The Labute approximate surface area is 147 Å². The summed E-state index contributed by atoms with van der Waals surface area (Å²) in [5.74, 6) is 0.244. The van der Waals surface area contributed by atoms with Crippen LogP contribution in [0.1, 0.15) is 15.9 Å². The smallest absolute Gasteiger partial charge is 0.352 e. The van der Waals surface area contributed by atoms with Crippen molar-refractivity contribution in [2.24, 2.45) is 0 Å². The molecule has 4 nitrogen and oxygen atoms in total. The van der Waals surface area contributed by atoms with Crippen LogP contribution in [0.5, 0.6) is 0 Å². The molecule has 1 aliphatic heterocycles. The lowest BCUT2D eigenvalue weighted by molar-refractivity contribution is -0.137. The number of alkyl halides is 3. The Kier molecular flexibility index (Phi) is 4.85. The minimum atomic E-state index is -4.48. The van der Waals surface area contributed by atoms with E-state index in [2.05, 4.69) is 4.98 Å². The van der Waals surface area contributed by atoms with Gasteiger partial charge in [-0.2, -0.15) is 13.2 Å². The maximum Gasteiger partial charge on any atom is 0.417 e. The summed E-state index contributed by atoms with van der Waals surface area (Å²) >= 11 is 5.98. The van der Waals surface area contributed by atoms with Crippen molar-refractivity contribution in [2.75, 3.05) is 31.1 Å². The number of pyridine rings is 1. The Morgan fingerprint density at radius 1 is 1.08 bits per heavy atom. The Bertz CT molecular complexity index is 759. The van der Waals surface area contributed by atoms with E-state index < -0.39 is 11.7 Å². The van der Waals surface area contributed by atoms with Crippen LogP contribution in [-0.2, 0) is 6.18 Å². The molecule has 0 unspecified atom stereocenters. The van der Waals surface area contributed by atoms with Crippen molar-refractivity contribution in [3.8, 4) is 0 Å². The van der Waals surface area contributed by atoms with Crippen LogP contribution in [-0.4, -0.2) is 42.0 Å². The number of carbonyl (C=O) groups is 1. The van der Waals surface area contributed by atoms with E-state index in [1.165, 1.54) is 0 Å². The van der Waals surface area contributed by atoms with Gasteiger partial charge in [-0.1, -0.05) is 29.8 Å². The van der Waals surface area contributed by atoms with Gasteiger partial charge in [0.05, 0.1) is 10.6 Å². The maximum absolute atomic E-state index is 12.7. The SMILES string of the molecule is O=C(c1ccccc1)N1CCN(c2ncc(C(F)(F)F)cc2Cl)CC1. The van der Waals surface area contributed by atoms with Crippen molar-refractivity contribution in [1.29, 1.82) is 0 Å². The number of nitrogens with zero attached hydrogens (tertiary/aromatic N) is 3. The van der Waals surface area contributed by atoms with E-state index in [1.54, 1.807) is 34.1 Å². The van der Waals surface area contributed by atoms with E-state index in [9.17, 15) is 18.0 Å². The number of hydrogen-bond donors (Lipinski definition) is 0. The quantitative estimate of drug-likeness (QED) is 0.809. The lowest BCUT2D eigenvalue weighted by Gasteiger charge is -2.35. The van der Waals surface area contributed by atoms with Crippen LogP contribution >= 0.6 is 11.6 Å². The standard InChI is InChI=1S/C17H15ClF3N3O/c18-14-10-13(17(19,20)21)11-22-15(14)23-6-8-24(9-7-23)16(25)12-4-2-1-3-5-12/h1-5,10-11H,6-9H2. The number of piperazine rings is 1. The third-order valence-electron chi connectivity index (χ3n) is 4.04.